The largest absolute Gasteiger partial charge is 0.481 e. The van der Waals surface area contributed by atoms with Crippen molar-refractivity contribution in [1.29, 1.82) is 0 Å². The number of hydrogen-bond donors (Lipinski definition) is 2. The predicted molar refractivity (Wildman–Crippen MR) is 76.2 cm³/mol. The van der Waals surface area contributed by atoms with Crippen LogP contribution in [0.1, 0.15) is 39.5 Å². The molecule has 110 valence electrons. The van der Waals surface area contributed by atoms with Gasteiger partial charge in [-0.2, -0.15) is 0 Å². The van der Waals surface area contributed by atoms with Crippen LogP contribution < -0.4 is 5.32 Å². The number of nitrogens with zero attached hydrogens (tertiary/aromatic N) is 1. The van der Waals surface area contributed by atoms with E-state index < -0.39 is 11.4 Å². The van der Waals surface area contributed by atoms with Crippen molar-refractivity contribution in [3.8, 4) is 0 Å². The van der Waals surface area contributed by atoms with Gasteiger partial charge in [0.15, 0.2) is 0 Å². The Balaban J connectivity index is 1.80. The number of carboxylic acids is 1. The van der Waals surface area contributed by atoms with Gasteiger partial charge >= 0.3 is 5.97 Å². The molecular weight excluding hydrogens is 240 g/mol. The second-order valence-electron chi connectivity index (χ2n) is 7.28. The van der Waals surface area contributed by atoms with Gasteiger partial charge in [-0.25, -0.2) is 0 Å². The number of hydrogen-bond acceptors (Lipinski definition) is 3. The van der Waals surface area contributed by atoms with Gasteiger partial charge in [-0.15, -0.1) is 0 Å². The highest BCUT2D eigenvalue weighted by atomic mass is 16.4. The van der Waals surface area contributed by atoms with E-state index in [1.165, 1.54) is 19.5 Å². The summed E-state index contributed by atoms with van der Waals surface area (Å²) < 4.78 is 0. The summed E-state index contributed by atoms with van der Waals surface area (Å²) in [6.45, 7) is 8.51. The van der Waals surface area contributed by atoms with Crippen LogP contribution in [0.5, 0.6) is 0 Å². The predicted octanol–water partition coefficient (Wildman–Crippen LogP) is 1.81. The Morgan fingerprint density at radius 3 is 2.58 bits per heavy atom. The molecule has 4 heteroatoms. The molecule has 1 aliphatic heterocycles. The molecule has 0 bridgehead atoms. The molecule has 0 spiro atoms. The van der Waals surface area contributed by atoms with E-state index in [1.54, 1.807) is 0 Å². The molecule has 1 saturated carbocycles. The zero-order chi connectivity index (χ0) is 14.1. The number of carboxylic acid groups (broad SMARTS) is 1. The fourth-order valence-corrected chi connectivity index (χ4v) is 3.41. The summed E-state index contributed by atoms with van der Waals surface area (Å²) in [5, 5.41) is 12.8. The summed E-state index contributed by atoms with van der Waals surface area (Å²) in [5.41, 5.74) is -0.225. The van der Waals surface area contributed by atoms with Crippen molar-refractivity contribution >= 4 is 5.97 Å². The topological polar surface area (TPSA) is 52.6 Å². The number of carbonyl (C=O) groups is 1. The highest BCUT2D eigenvalue weighted by Gasteiger charge is 2.44. The number of rotatable bonds is 6. The molecule has 0 aromatic rings. The van der Waals surface area contributed by atoms with Crippen LogP contribution in [0.15, 0.2) is 0 Å². The van der Waals surface area contributed by atoms with E-state index in [2.05, 4.69) is 31.1 Å². The van der Waals surface area contributed by atoms with Crippen molar-refractivity contribution in [2.45, 2.75) is 39.5 Å². The molecule has 2 rings (SSSR count). The quantitative estimate of drug-likeness (QED) is 0.771. The molecule has 2 fully saturated rings. The van der Waals surface area contributed by atoms with Crippen molar-refractivity contribution in [2.24, 2.45) is 16.7 Å². The first kappa shape index (κ1) is 14.8. The van der Waals surface area contributed by atoms with E-state index in [0.717, 1.165) is 25.8 Å². The summed E-state index contributed by atoms with van der Waals surface area (Å²) in [6.07, 6.45) is 3.99. The van der Waals surface area contributed by atoms with E-state index >= 15 is 0 Å². The second-order valence-corrected chi connectivity index (χ2v) is 7.28. The van der Waals surface area contributed by atoms with Crippen molar-refractivity contribution in [1.82, 2.24) is 10.2 Å². The minimum atomic E-state index is -0.621. The van der Waals surface area contributed by atoms with Gasteiger partial charge in [0.2, 0.25) is 0 Å². The van der Waals surface area contributed by atoms with Crippen LogP contribution in [-0.2, 0) is 4.79 Å². The maximum atomic E-state index is 11.3. The lowest BCUT2D eigenvalue weighted by molar-refractivity contribution is -0.154. The minimum Gasteiger partial charge on any atom is -0.481 e. The molecule has 4 nitrogen and oxygen atoms in total. The Hall–Kier alpha value is -0.610. The molecule has 1 atom stereocenters. The molecule has 0 aromatic heterocycles. The molecule has 0 aromatic carbocycles. The maximum absolute atomic E-state index is 11.3. The van der Waals surface area contributed by atoms with Crippen LogP contribution in [0.3, 0.4) is 0 Å². The standard InChI is InChI=1S/C15H28N2O2/c1-14(2,12-5-8-17(3)9-12)10-16-11-15(13(18)19)6-4-7-15/h12,16H,4-11H2,1-3H3,(H,18,19). The average Bonchev–Trinajstić information content (AvgIpc) is 2.69. The van der Waals surface area contributed by atoms with Crippen molar-refractivity contribution in [3.05, 3.63) is 0 Å². The van der Waals surface area contributed by atoms with Gasteiger partial charge in [-0.1, -0.05) is 20.3 Å². The first-order chi connectivity index (χ1) is 8.86. The van der Waals surface area contributed by atoms with Crippen LogP contribution in [0.25, 0.3) is 0 Å². The summed E-state index contributed by atoms with van der Waals surface area (Å²) in [6, 6.07) is 0. The van der Waals surface area contributed by atoms with Gasteiger partial charge < -0.3 is 15.3 Å². The van der Waals surface area contributed by atoms with E-state index in [1.807, 2.05) is 0 Å². The van der Waals surface area contributed by atoms with E-state index in [4.69, 9.17) is 0 Å². The summed E-state index contributed by atoms with van der Waals surface area (Å²) in [5.74, 6) is 0.0943. The Kier molecular flexibility index (Phi) is 4.21. The molecule has 1 heterocycles. The monoisotopic (exact) mass is 268 g/mol. The summed E-state index contributed by atoms with van der Waals surface area (Å²) in [7, 11) is 2.18. The smallest absolute Gasteiger partial charge is 0.310 e. The van der Waals surface area contributed by atoms with Gasteiger partial charge in [-0.3, -0.25) is 4.79 Å². The maximum Gasteiger partial charge on any atom is 0.310 e. The van der Waals surface area contributed by atoms with Gasteiger partial charge in [-0.05, 0) is 44.2 Å². The molecule has 1 unspecified atom stereocenters. The normalized spacial score (nSPS) is 27.2. The minimum absolute atomic E-state index is 0.244. The Bertz CT molecular complexity index is 337. The Labute approximate surface area is 116 Å². The van der Waals surface area contributed by atoms with Gasteiger partial charge in [0.1, 0.15) is 0 Å². The van der Waals surface area contributed by atoms with Crippen molar-refractivity contribution in [2.75, 3.05) is 33.2 Å². The van der Waals surface area contributed by atoms with Crippen LogP contribution in [-0.4, -0.2) is 49.2 Å². The number of nitrogens with one attached hydrogen (secondary N) is 1. The van der Waals surface area contributed by atoms with Crippen molar-refractivity contribution in [3.63, 3.8) is 0 Å². The van der Waals surface area contributed by atoms with Gasteiger partial charge in [0.05, 0.1) is 5.41 Å². The van der Waals surface area contributed by atoms with Gasteiger partial charge in [0, 0.05) is 19.6 Å². The molecule has 19 heavy (non-hydrogen) atoms. The van der Waals surface area contributed by atoms with Crippen LogP contribution in [0.2, 0.25) is 0 Å². The van der Waals surface area contributed by atoms with Crippen LogP contribution in [0.4, 0.5) is 0 Å². The lowest BCUT2D eigenvalue weighted by atomic mass is 9.68. The molecule has 0 amide bonds. The van der Waals surface area contributed by atoms with E-state index in [9.17, 15) is 9.90 Å². The second kappa shape index (κ2) is 5.41. The molecular formula is C15H28N2O2. The lowest BCUT2D eigenvalue weighted by Crippen LogP contribution is -2.48. The first-order valence-corrected chi connectivity index (χ1v) is 7.48. The number of likely N-dealkylation sites (tertiary alicyclic amines) is 1. The molecule has 2 aliphatic rings. The summed E-state index contributed by atoms with van der Waals surface area (Å²) >= 11 is 0. The third-order valence-electron chi connectivity index (χ3n) is 5.30. The van der Waals surface area contributed by atoms with E-state index in [0.29, 0.717) is 12.5 Å². The summed E-state index contributed by atoms with van der Waals surface area (Å²) in [4.78, 5) is 13.7. The van der Waals surface area contributed by atoms with Crippen molar-refractivity contribution < 1.29 is 9.90 Å². The Morgan fingerprint density at radius 2 is 2.16 bits per heavy atom. The van der Waals surface area contributed by atoms with E-state index in [-0.39, 0.29) is 5.41 Å². The van der Waals surface area contributed by atoms with Gasteiger partial charge in [0.25, 0.3) is 0 Å². The zero-order valence-electron chi connectivity index (χ0n) is 12.5. The highest BCUT2D eigenvalue weighted by Crippen LogP contribution is 2.41. The van der Waals surface area contributed by atoms with Crippen LogP contribution in [0, 0.1) is 16.7 Å². The first-order valence-electron chi connectivity index (χ1n) is 7.48. The molecule has 1 saturated heterocycles. The third kappa shape index (κ3) is 3.11. The fourth-order valence-electron chi connectivity index (χ4n) is 3.41. The molecule has 2 N–H and O–H groups in total. The molecule has 1 aliphatic carbocycles. The Morgan fingerprint density at radius 1 is 1.47 bits per heavy atom. The SMILES string of the molecule is CN1CCC(C(C)(C)CNCC2(C(=O)O)CCC2)C1. The molecule has 0 radical (unpaired) electrons. The average molecular weight is 268 g/mol. The number of aliphatic carboxylic acids is 1. The zero-order valence-corrected chi connectivity index (χ0v) is 12.5. The van der Waals surface area contributed by atoms with Crippen LogP contribution >= 0.6 is 0 Å². The lowest BCUT2D eigenvalue weighted by Gasteiger charge is -2.39. The third-order valence-corrected chi connectivity index (χ3v) is 5.30. The highest BCUT2D eigenvalue weighted by molar-refractivity contribution is 5.76. The fraction of sp³-hybridized carbons (Fsp3) is 0.933.